The van der Waals surface area contributed by atoms with Crippen molar-refractivity contribution in [2.24, 2.45) is 0 Å². The smallest absolute Gasteiger partial charge is 0.0946 e. The van der Waals surface area contributed by atoms with Crippen molar-refractivity contribution in [3.63, 3.8) is 0 Å². The number of aliphatic hydroxyl groups is 1. The summed E-state index contributed by atoms with van der Waals surface area (Å²) in [4.78, 5) is 3.97. The molecule has 1 aromatic rings. The molecule has 0 amide bonds. The average molecular weight is 197 g/mol. The Hall–Kier alpha value is -0.870. The van der Waals surface area contributed by atoms with Crippen molar-refractivity contribution in [1.29, 1.82) is 0 Å². The molecule has 0 bridgehead atoms. The van der Waals surface area contributed by atoms with Crippen molar-refractivity contribution < 1.29 is 5.11 Å². The number of hydrogen-bond donors (Lipinski definition) is 2. The fraction of sp³-hybridized carbons (Fsp3) is 0.700. The van der Waals surface area contributed by atoms with Crippen molar-refractivity contribution in [2.75, 3.05) is 6.54 Å². The lowest BCUT2D eigenvalue weighted by Gasteiger charge is -2.21. The van der Waals surface area contributed by atoms with E-state index in [0.29, 0.717) is 12.6 Å². The molecule has 0 aliphatic rings. The maximum atomic E-state index is 9.51. The van der Waals surface area contributed by atoms with E-state index in [1.165, 1.54) is 0 Å². The molecule has 0 radical (unpaired) electrons. The molecule has 1 heterocycles. The lowest BCUT2D eigenvalue weighted by Crippen LogP contribution is -2.40. The Bertz CT molecular complexity index is 251. The van der Waals surface area contributed by atoms with Crippen LogP contribution in [0.3, 0.4) is 0 Å². The van der Waals surface area contributed by atoms with Crippen LogP contribution in [0.1, 0.15) is 20.8 Å². The monoisotopic (exact) mass is 197 g/mol. The molecule has 0 fully saturated rings. The molecule has 1 atom stereocenters. The minimum Gasteiger partial charge on any atom is -0.389 e. The summed E-state index contributed by atoms with van der Waals surface area (Å²) in [7, 11) is 0. The number of nitrogens with one attached hydrogen (secondary N) is 1. The van der Waals surface area contributed by atoms with Crippen LogP contribution in [0.4, 0.5) is 0 Å². The molecule has 0 saturated heterocycles. The number of aromatic nitrogens is 2. The lowest BCUT2D eigenvalue weighted by molar-refractivity contribution is 0.0763. The van der Waals surface area contributed by atoms with Crippen LogP contribution in [0.15, 0.2) is 18.7 Å². The van der Waals surface area contributed by atoms with E-state index >= 15 is 0 Å². The van der Waals surface area contributed by atoms with Crippen LogP contribution in [0, 0.1) is 0 Å². The van der Waals surface area contributed by atoms with E-state index in [2.05, 4.69) is 17.2 Å². The van der Waals surface area contributed by atoms with Gasteiger partial charge in [0.2, 0.25) is 0 Å². The zero-order chi connectivity index (χ0) is 10.6. The highest BCUT2D eigenvalue weighted by Gasteiger charge is 2.13. The third-order valence-electron chi connectivity index (χ3n) is 1.93. The summed E-state index contributed by atoms with van der Waals surface area (Å²) in [5.41, 5.74) is -0.650. The average Bonchev–Trinajstić information content (AvgIpc) is 2.52. The Labute approximate surface area is 85.0 Å². The molecule has 0 aliphatic heterocycles. The second-order valence-electron chi connectivity index (χ2n) is 4.35. The summed E-state index contributed by atoms with van der Waals surface area (Å²) in [6, 6.07) is 0.329. The van der Waals surface area contributed by atoms with Crippen LogP contribution < -0.4 is 5.32 Å². The van der Waals surface area contributed by atoms with Gasteiger partial charge in [0.05, 0.1) is 11.9 Å². The van der Waals surface area contributed by atoms with E-state index < -0.39 is 5.60 Å². The first-order valence-electron chi connectivity index (χ1n) is 4.89. The molecule has 1 unspecified atom stereocenters. The van der Waals surface area contributed by atoms with Crippen LogP contribution in [-0.4, -0.2) is 32.8 Å². The van der Waals surface area contributed by atoms with E-state index in [-0.39, 0.29) is 0 Å². The van der Waals surface area contributed by atoms with Crippen LogP contribution in [0.5, 0.6) is 0 Å². The second-order valence-corrected chi connectivity index (χ2v) is 4.35. The molecular formula is C10H19N3O. The molecule has 4 heteroatoms. The molecule has 4 nitrogen and oxygen atoms in total. The number of rotatable bonds is 5. The molecule has 0 saturated carbocycles. The Balaban J connectivity index is 2.26. The van der Waals surface area contributed by atoms with Gasteiger partial charge in [-0.15, -0.1) is 0 Å². The molecule has 2 N–H and O–H groups in total. The second kappa shape index (κ2) is 4.57. The van der Waals surface area contributed by atoms with Gasteiger partial charge in [-0.05, 0) is 20.8 Å². The van der Waals surface area contributed by atoms with E-state index in [1.807, 2.05) is 10.8 Å². The lowest BCUT2D eigenvalue weighted by atomic mass is 10.1. The minimum atomic E-state index is -0.650. The number of hydrogen-bond acceptors (Lipinski definition) is 3. The third-order valence-corrected chi connectivity index (χ3v) is 1.93. The Morgan fingerprint density at radius 2 is 2.29 bits per heavy atom. The van der Waals surface area contributed by atoms with Crippen LogP contribution in [0.2, 0.25) is 0 Å². The molecule has 1 aromatic heterocycles. The topological polar surface area (TPSA) is 50.1 Å². The summed E-state index contributed by atoms with van der Waals surface area (Å²) < 4.78 is 2.02. The number of nitrogens with zero attached hydrogens (tertiary/aromatic N) is 2. The summed E-state index contributed by atoms with van der Waals surface area (Å²) in [6.45, 7) is 7.15. The molecule has 0 spiro atoms. The predicted octanol–water partition coefficient (Wildman–Crippen LogP) is 0.632. The van der Waals surface area contributed by atoms with Gasteiger partial charge in [0.25, 0.3) is 0 Å². The largest absolute Gasteiger partial charge is 0.389 e. The van der Waals surface area contributed by atoms with Gasteiger partial charge in [-0.3, -0.25) is 0 Å². The Morgan fingerprint density at radius 3 is 2.79 bits per heavy atom. The van der Waals surface area contributed by atoms with Crippen LogP contribution in [0.25, 0.3) is 0 Å². The van der Waals surface area contributed by atoms with E-state index in [0.717, 1.165) is 6.54 Å². The molecular weight excluding hydrogens is 178 g/mol. The highest BCUT2D eigenvalue weighted by atomic mass is 16.3. The van der Waals surface area contributed by atoms with Gasteiger partial charge < -0.3 is 15.0 Å². The maximum Gasteiger partial charge on any atom is 0.0946 e. The SMILES string of the molecule is CC(Cn1ccnc1)NCC(C)(C)O. The molecule has 80 valence electrons. The quantitative estimate of drug-likeness (QED) is 0.728. The number of imidazole rings is 1. The standard InChI is InChI=1S/C10H19N3O/c1-9(12-7-10(2,3)14)6-13-5-4-11-8-13/h4-5,8-9,12,14H,6-7H2,1-3H3. The van der Waals surface area contributed by atoms with Crippen molar-refractivity contribution >= 4 is 0 Å². The maximum absolute atomic E-state index is 9.51. The van der Waals surface area contributed by atoms with Gasteiger partial charge in [-0.25, -0.2) is 4.98 Å². The van der Waals surface area contributed by atoms with Crippen molar-refractivity contribution in [1.82, 2.24) is 14.9 Å². The van der Waals surface area contributed by atoms with Gasteiger partial charge in [0, 0.05) is 31.5 Å². The van der Waals surface area contributed by atoms with Gasteiger partial charge in [0.1, 0.15) is 0 Å². The first-order valence-corrected chi connectivity index (χ1v) is 4.89. The highest BCUT2D eigenvalue weighted by Crippen LogP contribution is 1.99. The molecule has 0 aliphatic carbocycles. The zero-order valence-corrected chi connectivity index (χ0v) is 9.07. The van der Waals surface area contributed by atoms with Crippen LogP contribution in [-0.2, 0) is 6.54 Å². The van der Waals surface area contributed by atoms with Crippen molar-refractivity contribution in [2.45, 2.75) is 39.0 Å². The molecule has 1 rings (SSSR count). The van der Waals surface area contributed by atoms with Crippen molar-refractivity contribution in [3.8, 4) is 0 Å². The summed E-state index contributed by atoms with van der Waals surface area (Å²) in [5, 5.41) is 12.8. The van der Waals surface area contributed by atoms with Gasteiger partial charge in [-0.1, -0.05) is 0 Å². The highest BCUT2D eigenvalue weighted by molar-refractivity contribution is 4.78. The van der Waals surface area contributed by atoms with Gasteiger partial charge >= 0.3 is 0 Å². The third kappa shape index (κ3) is 4.39. The fourth-order valence-electron chi connectivity index (χ4n) is 1.20. The first-order chi connectivity index (χ1) is 6.47. The predicted molar refractivity (Wildman–Crippen MR) is 56.0 cm³/mol. The van der Waals surface area contributed by atoms with Gasteiger partial charge in [-0.2, -0.15) is 0 Å². The van der Waals surface area contributed by atoms with E-state index in [9.17, 15) is 5.11 Å². The van der Waals surface area contributed by atoms with E-state index in [4.69, 9.17) is 0 Å². The van der Waals surface area contributed by atoms with Gasteiger partial charge in [0.15, 0.2) is 0 Å². The van der Waals surface area contributed by atoms with E-state index in [1.54, 1.807) is 26.4 Å². The normalized spacial score (nSPS) is 14.3. The summed E-state index contributed by atoms with van der Waals surface area (Å²) in [5.74, 6) is 0. The van der Waals surface area contributed by atoms with Crippen molar-refractivity contribution in [3.05, 3.63) is 18.7 Å². The first kappa shape index (κ1) is 11.2. The summed E-state index contributed by atoms with van der Waals surface area (Å²) in [6.07, 6.45) is 5.49. The Kier molecular flexibility index (Phi) is 3.66. The fourth-order valence-corrected chi connectivity index (χ4v) is 1.20. The Morgan fingerprint density at radius 1 is 1.57 bits per heavy atom. The summed E-state index contributed by atoms with van der Waals surface area (Å²) >= 11 is 0. The molecule has 0 aromatic carbocycles. The zero-order valence-electron chi connectivity index (χ0n) is 9.07. The molecule has 14 heavy (non-hydrogen) atoms. The van der Waals surface area contributed by atoms with Crippen LogP contribution >= 0.6 is 0 Å². The minimum absolute atomic E-state index is 0.329.